The molecule has 0 spiro atoms. The highest BCUT2D eigenvalue weighted by atomic mass is 32.1. The van der Waals surface area contributed by atoms with Crippen LogP contribution in [0.4, 0.5) is 4.39 Å². The number of nitrogens with zero attached hydrogens (tertiary/aromatic N) is 3. The van der Waals surface area contributed by atoms with E-state index in [9.17, 15) is 9.18 Å². The van der Waals surface area contributed by atoms with E-state index in [4.69, 9.17) is 4.74 Å². The van der Waals surface area contributed by atoms with E-state index in [0.29, 0.717) is 28.8 Å². The Morgan fingerprint density at radius 3 is 2.48 bits per heavy atom. The fraction of sp³-hybridized carbons (Fsp3) is 0.400. The molecule has 0 aliphatic carbocycles. The number of carbonyl (C=O) groups is 1. The normalized spacial score (nSPS) is 12.0. The van der Waals surface area contributed by atoms with Crippen molar-refractivity contribution in [2.45, 2.75) is 46.1 Å². The summed E-state index contributed by atoms with van der Waals surface area (Å²) in [5.74, 6) is 0.848. The molecule has 6 nitrogen and oxygen atoms in total. The average molecular weight is 471 g/mol. The van der Waals surface area contributed by atoms with Gasteiger partial charge in [-0.1, -0.05) is 26.0 Å². The summed E-state index contributed by atoms with van der Waals surface area (Å²) in [6.45, 7) is 9.53. The highest BCUT2D eigenvalue weighted by Crippen LogP contribution is 2.24. The van der Waals surface area contributed by atoms with Crippen LogP contribution in [0.2, 0.25) is 0 Å². The van der Waals surface area contributed by atoms with E-state index in [-0.39, 0.29) is 17.8 Å². The summed E-state index contributed by atoms with van der Waals surface area (Å²) in [6, 6.07) is 13.4. The predicted molar refractivity (Wildman–Crippen MR) is 130 cm³/mol. The highest BCUT2D eigenvalue weighted by molar-refractivity contribution is 7.07. The van der Waals surface area contributed by atoms with Gasteiger partial charge < -0.3 is 15.0 Å². The maximum absolute atomic E-state index is 13.0. The number of benzene rings is 2. The lowest BCUT2D eigenvalue weighted by molar-refractivity contribution is 0.0937. The number of amides is 1. The Bertz CT molecular complexity index is 1000. The van der Waals surface area contributed by atoms with Gasteiger partial charge in [0.25, 0.3) is 11.1 Å². The van der Waals surface area contributed by atoms with Crippen LogP contribution < -0.4 is 10.1 Å². The Morgan fingerprint density at radius 2 is 1.82 bits per heavy atom. The summed E-state index contributed by atoms with van der Waals surface area (Å²) in [5, 5.41) is 3.49. The van der Waals surface area contributed by atoms with Crippen molar-refractivity contribution < 1.29 is 13.9 Å². The molecule has 0 aliphatic heterocycles. The van der Waals surface area contributed by atoms with Crippen molar-refractivity contribution in [3.63, 3.8) is 0 Å². The third-order valence-corrected chi connectivity index (χ3v) is 6.06. The first-order chi connectivity index (χ1) is 16.0. The molecule has 1 amide bonds. The Labute approximate surface area is 199 Å². The van der Waals surface area contributed by atoms with Crippen LogP contribution in [0.1, 0.15) is 55.4 Å². The number of nitrogens with one attached hydrogen (secondary N) is 1. The lowest BCUT2D eigenvalue weighted by Crippen LogP contribution is -2.33. The van der Waals surface area contributed by atoms with Crippen molar-refractivity contribution in [2.75, 3.05) is 19.6 Å². The number of ether oxygens (including phenoxy) is 1. The molecule has 0 bridgehead atoms. The van der Waals surface area contributed by atoms with Crippen LogP contribution in [0.5, 0.6) is 10.9 Å². The quantitative estimate of drug-likeness (QED) is 0.389. The SMILES string of the molecule is CCN(CC)CCCC(C)NC(=O)c1ccc(Oc2nc(Cc3ccc(F)cc3)ns2)cc1. The molecule has 1 atom stereocenters. The van der Waals surface area contributed by atoms with Crippen LogP contribution in [0.25, 0.3) is 0 Å². The Balaban J connectivity index is 1.47. The monoisotopic (exact) mass is 470 g/mol. The minimum absolute atomic E-state index is 0.0885. The minimum atomic E-state index is -0.268. The van der Waals surface area contributed by atoms with E-state index in [0.717, 1.165) is 49.6 Å². The van der Waals surface area contributed by atoms with Crippen molar-refractivity contribution in [1.82, 2.24) is 19.6 Å². The molecule has 0 saturated carbocycles. The molecular weight excluding hydrogens is 439 g/mol. The zero-order valence-corrected chi connectivity index (χ0v) is 20.2. The molecule has 3 aromatic rings. The first kappa shape index (κ1) is 24.8. The van der Waals surface area contributed by atoms with Gasteiger partial charge in [-0.15, -0.1) is 0 Å². The average Bonchev–Trinajstić information content (AvgIpc) is 3.25. The molecule has 2 aromatic carbocycles. The summed E-state index contributed by atoms with van der Waals surface area (Å²) >= 11 is 1.16. The highest BCUT2D eigenvalue weighted by Gasteiger charge is 2.12. The molecule has 0 aliphatic rings. The molecule has 3 rings (SSSR count). The lowest BCUT2D eigenvalue weighted by atomic mass is 10.1. The van der Waals surface area contributed by atoms with Crippen molar-refractivity contribution in [3.8, 4) is 10.9 Å². The van der Waals surface area contributed by atoms with E-state index in [1.807, 2.05) is 6.92 Å². The van der Waals surface area contributed by atoms with Gasteiger partial charge in [-0.2, -0.15) is 9.36 Å². The van der Waals surface area contributed by atoms with Crippen LogP contribution >= 0.6 is 11.5 Å². The first-order valence-electron chi connectivity index (χ1n) is 11.3. The summed E-state index contributed by atoms with van der Waals surface area (Å²) in [7, 11) is 0. The number of aromatic nitrogens is 2. The number of hydrogen-bond acceptors (Lipinski definition) is 6. The van der Waals surface area contributed by atoms with Crippen molar-refractivity contribution in [3.05, 3.63) is 71.3 Å². The molecule has 176 valence electrons. The van der Waals surface area contributed by atoms with Crippen molar-refractivity contribution in [1.29, 1.82) is 0 Å². The van der Waals surface area contributed by atoms with Gasteiger partial charge in [-0.3, -0.25) is 4.79 Å². The summed E-state index contributed by atoms with van der Waals surface area (Å²) in [6.07, 6.45) is 2.51. The van der Waals surface area contributed by atoms with Crippen LogP contribution in [0, 0.1) is 5.82 Å². The molecule has 0 fully saturated rings. The molecular formula is C25H31FN4O2S. The smallest absolute Gasteiger partial charge is 0.298 e. The summed E-state index contributed by atoms with van der Waals surface area (Å²) < 4.78 is 23.1. The van der Waals surface area contributed by atoms with Crippen LogP contribution in [0.15, 0.2) is 48.5 Å². The third-order valence-electron chi connectivity index (χ3n) is 5.43. The Hall–Kier alpha value is -2.84. The summed E-state index contributed by atoms with van der Waals surface area (Å²) in [4.78, 5) is 19.3. The molecule has 33 heavy (non-hydrogen) atoms. The molecule has 1 heterocycles. The van der Waals surface area contributed by atoms with E-state index in [1.165, 1.54) is 12.1 Å². The number of halogens is 1. The zero-order chi connectivity index (χ0) is 23.6. The van der Waals surface area contributed by atoms with Gasteiger partial charge in [0.2, 0.25) is 0 Å². The lowest BCUT2D eigenvalue weighted by Gasteiger charge is -2.19. The van der Waals surface area contributed by atoms with Gasteiger partial charge in [-0.25, -0.2) is 4.39 Å². The number of carbonyl (C=O) groups excluding carboxylic acids is 1. The van der Waals surface area contributed by atoms with E-state index >= 15 is 0 Å². The fourth-order valence-electron chi connectivity index (χ4n) is 3.45. The topological polar surface area (TPSA) is 67.4 Å². The second-order valence-electron chi connectivity index (χ2n) is 7.95. The van der Waals surface area contributed by atoms with Crippen molar-refractivity contribution in [2.24, 2.45) is 0 Å². The Morgan fingerprint density at radius 1 is 1.12 bits per heavy atom. The van der Waals surface area contributed by atoms with E-state index in [2.05, 4.69) is 33.4 Å². The molecule has 8 heteroatoms. The second-order valence-corrected chi connectivity index (χ2v) is 8.66. The van der Waals surface area contributed by atoms with Crippen LogP contribution in [-0.2, 0) is 6.42 Å². The largest absolute Gasteiger partial charge is 0.430 e. The van der Waals surface area contributed by atoms with E-state index in [1.54, 1.807) is 36.4 Å². The van der Waals surface area contributed by atoms with Gasteiger partial charge in [-0.05, 0) is 81.4 Å². The first-order valence-corrected chi connectivity index (χ1v) is 12.1. The molecule has 1 N–H and O–H groups in total. The third kappa shape index (κ3) is 7.91. The Kier molecular flexibility index (Phi) is 9.33. The van der Waals surface area contributed by atoms with Crippen molar-refractivity contribution >= 4 is 17.4 Å². The molecule has 0 saturated heterocycles. The maximum Gasteiger partial charge on any atom is 0.298 e. The van der Waals surface area contributed by atoms with Gasteiger partial charge in [0.05, 0.1) is 0 Å². The van der Waals surface area contributed by atoms with Gasteiger partial charge in [0.1, 0.15) is 11.6 Å². The minimum Gasteiger partial charge on any atom is -0.430 e. The number of hydrogen-bond donors (Lipinski definition) is 1. The summed E-state index contributed by atoms with van der Waals surface area (Å²) in [5.41, 5.74) is 1.52. The standard InChI is InChI=1S/C25H31FN4O2S/c1-4-30(5-2)16-6-7-18(3)27-24(31)20-10-14-22(15-11-20)32-25-28-23(29-33-25)17-19-8-12-21(26)13-9-19/h8-15,18H,4-7,16-17H2,1-3H3,(H,27,31). The molecule has 1 unspecified atom stereocenters. The maximum atomic E-state index is 13.0. The van der Waals surface area contributed by atoms with Gasteiger partial charge >= 0.3 is 0 Å². The zero-order valence-electron chi connectivity index (χ0n) is 19.4. The molecule has 0 radical (unpaired) electrons. The second kappa shape index (κ2) is 12.4. The van der Waals surface area contributed by atoms with Crippen LogP contribution in [0.3, 0.4) is 0 Å². The van der Waals surface area contributed by atoms with Gasteiger partial charge in [0, 0.05) is 29.6 Å². The predicted octanol–water partition coefficient (Wildman–Crippen LogP) is 5.30. The fourth-order valence-corrected chi connectivity index (χ4v) is 4.02. The number of rotatable bonds is 12. The molecule has 1 aromatic heterocycles. The van der Waals surface area contributed by atoms with Crippen LogP contribution in [-0.4, -0.2) is 45.8 Å². The van der Waals surface area contributed by atoms with E-state index < -0.39 is 0 Å². The van der Waals surface area contributed by atoms with Gasteiger partial charge in [0.15, 0.2) is 5.82 Å².